The number of hydrogen-bond donors (Lipinski definition) is 0. The molecule has 1 aromatic carbocycles. The normalized spacial score (nSPS) is 21.4. The first-order chi connectivity index (χ1) is 14.2. The second-order valence-corrected chi connectivity index (χ2v) is 8.28. The molecule has 2 aliphatic rings. The molecule has 0 radical (unpaired) electrons. The van der Waals surface area contributed by atoms with Crippen LogP contribution in [-0.2, 0) is 17.8 Å². The minimum absolute atomic E-state index is 0.0753. The zero-order valence-corrected chi connectivity index (χ0v) is 16.4. The number of rotatable bonds is 4. The van der Waals surface area contributed by atoms with E-state index in [0.29, 0.717) is 25.4 Å². The maximum Gasteiger partial charge on any atom is 0.250 e. The van der Waals surface area contributed by atoms with Crippen molar-refractivity contribution in [3.8, 4) is 0 Å². The predicted octanol–water partition coefficient (Wildman–Crippen LogP) is 3.08. The number of benzene rings is 1. The van der Waals surface area contributed by atoms with Crippen molar-refractivity contribution in [1.82, 2.24) is 14.0 Å². The first-order valence-electron chi connectivity index (χ1n) is 10.3. The van der Waals surface area contributed by atoms with Crippen LogP contribution in [0.25, 0.3) is 0 Å². The number of likely N-dealkylation sites (tertiary alicyclic amines) is 1. The van der Waals surface area contributed by atoms with Gasteiger partial charge in [-0.3, -0.25) is 9.59 Å². The Balaban J connectivity index is 1.42. The van der Waals surface area contributed by atoms with E-state index < -0.39 is 0 Å². The number of fused-ring (bicyclic) bond motifs is 4. The highest BCUT2D eigenvalue weighted by Crippen LogP contribution is 2.36. The SMILES string of the molecule is O=C([C@@H](Cc1ccccc1)n1cccc1)N1C[C@H]2C[C@@H](C1)c1cccc(=O)n1C2. The first kappa shape index (κ1) is 18.0. The van der Waals surface area contributed by atoms with Crippen molar-refractivity contribution in [3.05, 3.63) is 94.7 Å². The molecule has 5 heteroatoms. The van der Waals surface area contributed by atoms with Gasteiger partial charge in [-0.15, -0.1) is 0 Å². The molecule has 4 heterocycles. The zero-order chi connectivity index (χ0) is 19.8. The van der Waals surface area contributed by atoms with Crippen molar-refractivity contribution >= 4 is 5.91 Å². The molecule has 2 aromatic heterocycles. The summed E-state index contributed by atoms with van der Waals surface area (Å²) in [6.07, 6.45) is 5.69. The second-order valence-electron chi connectivity index (χ2n) is 8.28. The third kappa shape index (κ3) is 3.41. The van der Waals surface area contributed by atoms with Crippen molar-refractivity contribution in [2.24, 2.45) is 5.92 Å². The van der Waals surface area contributed by atoms with Crippen LogP contribution in [0.4, 0.5) is 0 Å². The molecule has 2 bridgehead atoms. The quantitative estimate of drug-likeness (QED) is 0.691. The van der Waals surface area contributed by atoms with Gasteiger partial charge in [-0.2, -0.15) is 0 Å². The minimum Gasteiger partial charge on any atom is -0.342 e. The number of carbonyl (C=O) groups excluding carboxylic acids is 1. The van der Waals surface area contributed by atoms with Crippen LogP contribution in [0.15, 0.2) is 77.9 Å². The number of piperidine rings is 1. The van der Waals surface area contributed by atoms with Gasteiger partial charge in [0.05, 0.1) is 0 Å². The molecule has 3 atom stereocenters. The van der Waals surface area contributed by atoms with Crippen LogP contribution < -0.4 is 5.56 Å². The molecule has 0 saturated carbocycles. The number of nitrogens with zero attached hydrogens (tertiary/aromatic N) is 3. The Morgan fingerprint density at radius 3 is 2.52 bits per heavy atom. The van der Waals surface area contributed by atoms with Crippen molar-refractivity contribution in [2.45, 2.75) is 31.3 Å². The van der Waals surface area contributed by atoms with E-state index in [0.717, 1.165) is 24.2 Å². The lowest BCUT2D eigenvalue weighted by Crippen LogP contribution is -2.51. The molecule has 1 amide bonds. The Hall–Kier alpha value is -3.08. The van der Waals surface area contributed by atoms with Crippen LogP contribution in [0.1, 0.15) is 29.6 Å². The van der Waals surface area contributed by atoms with Crippen LogP contribution in [0, 0.1) is 5.92 Å². The van der Waals surface area contributed by atoms with E-state index >= 15 is 0 Å². The molecule has 0 spiro atoms. The summed E-state index contributed by atoms with van der Waals surface area (Å²) in [5, 5.41) is 0. The van der Waals surface area contributed by atoms with E-state index in [1.54, 1.807) is 6.07 Å². The largest absolute Gasteiger partial charge is 0.342 e. The third-order valence-corrected chi connectivity index (χ3v) is 6.34. The molecular weight excluding hydrogens is 362 g/mol. The van der Waals surface area contributed by atoms with E-state index in [1.165, 1.54) is 0 Å². The molecule has 2 aliphatic heterocycles. The Morgan fingerprint density at radius 1 is 0.931 bits per heavy atom. The molecule has 0 aliphatic carbocycles. The highest BCUT2D eigenvalue weighted by Gasteiger charge is 2.38. The lowest BCUT2D eigenvalue weighted by Gasteiger charge is -2.43. The molecule has 5 rings (SSSR count). The lowest BCUT2D eigenvalue weighted by molar-refractivity contribution is -0.137. The van der Waals surface area contributed by atoms with Crippen LogP contribution in [0.5, 0.6) is 0 Å². The molecule has 148 valence electrons. The van der Waals surface area contributed by atoms with E-state index in [-0.39, 0.29) is 23.4 Å². The molecule has 5 nitrogen and oxygen atoms in total. The van der Waals surface area contributed by atoms with E-state index in [9.17, 15) is 9.59 Å². The van der Waals surface area contributed by atoms with Crippen LogP contribution >= 0.6 is 0 Å². The first-order valence-corrected chi connectivity index (χ1v) is 10.3. The number of pyridine rings is 1. The van der Waals surface area contributed by atoms with Gasteiger partial charge in [0.1, 0.15) is 6.04 Å². The molecule has 1 saturated heterocycles. The highest BCUT2D eigenvalue weighted by molar-refractivity contribution is 5.81. The van der Waals surface area contributed by atoms with E-state index in [2.05, 4.69) is 12.1 Å². The fourth-order valence-electron chi connectivity index (χ4n) is 5.00. The van der Waals surface area contributed by atoms with Gasteiger partial charge in [0.15, 0.2) is 0 Å². The van der Waals surface area contributed by atoms with Gasteiger partial charge in [-0.1, -0.05) is 36.4 Å². The summed E-state index contributed by atoms with van der Waals surface area (Å²) in [5.74, 6) is 0.751. The van der Waals surface area contributed by atoms with Crippen molar-refractivity contribution in [3.63, 3.8) is 0 Å². The van der Waals surface area contributed by atoms with Crippen molar-refractivity contribution in [2.75, 3.05) is 13.1 Å². The summed E-state index contributed by atoms with van der Waals surface area (Å²) >= 11 is 0. The second kappa shape index (κ2) is 7.39. The van der Waals surface area contributed by atoms with Crippen LogP contribution in [0.2, 0.25) is 0 Å². The van der Waals surface area contributed by atoms with Gasteiger partial charge in [-0.05, 0) is 36.1 Å². The fourth-order valence-corrected chi connectivity index (χ4v) is 5.00. The molecule has 0 unspecified atom stereocenters. The zero-order valence-electron chi connectivity index (χ0n) is 16.4. The molecule has 1 fully saturated rings. The summed E-state index contributed by atoms with van der Waals surface area (Å²) in [7, 11) is 0. The molecule has 29 heavy (non-hydrogen) atoms. The maximum atomic E-state index is 13.6. The van der Waals surface area contributed by atoms with Crippen LogP contribution in [-0.4, -0.2) is 33.0 Å². The standard InChI is InChI=1S/C24H25N3O2/c28-23-10-6-9-21-20-13-19(16-27(21)23)15-26(17-20)24(29)22(25-11-4-5-12-25)14-18-7-2-1-3-8-18/h1-12,19-20,22H,13-17H2/t19-,20+,22-/m1/s1. The average Bonchev–Trinajstić information content (AvgIpc) is 3.27. The smallest absolute Gasteiger partial charge is 0.250 e. The lowest BCUT2D eigenvalue weighted by atomic mass is 9.83. The van der Waals surface area contributed by atoms with E-state index in [4.69, 9.17) is 0 Å². The minimum atomic E-state index is -0.246. The van der Waals surface area contributed by atoms with E-state index in [1.807, 2.05) is 68.9 Å². The van der Waals surface area contributed by atoms with Gasteiger partial charge >= 0.3 is 0 Å². The van der Waals surface area contributed by atoms with Gasteiger partial charge in [0.25, 0.3) is 5.56 Å². The van der Waals surface area contributed by atoms with Gasteiger partial charge < -0.3 is 14.0 Å². The number of carbonyl (C=O) groups is 1. The average molecular weight is 387 g/mol. The summed E-state index contributed by atoms with van der Waals surface area (Å²) in [5.41, 5.74) is 2.31. The number of amides is 1. The molecule has 0 N–H and O–H groups in total. The number of hydrogen-bond acceptors (Lipinski definition) is 2. The highest BCUT2D eigenvalue weighted by atomic mass is 16.2. The predicted molar refractivity (Wildman–Crippen MR) is 112 cm³/mol. The summed E-state index contributed by atoms with van der Waals surface area (Å²) < 4.78 is 3.94. The van der Waals surface area contributed by atoms with Crippen molar-refractivity contribution < 1.29 is 4.79 Å². The Bertz CT molecular complexity index is 1060. The summed E-state index contributed by atoms with van der Waals surface area (Å²) in [6.45, 7) is 2.12. The Labute approximate surface area is 170 Å². The van der Waals surface area contributed by atoms with Crippen LogP contribution in [0.3, 0.4) is 0 Å². The monoisotopic (exact) mass is 387 g/mol. The fraction of sp³-hybridized carbons (Fsp3) is 0.333. The Kier molecular flexibility index (Phi) is 4.58. The Morgan fingerprint density at radius 2 is 1.72 bits per heavy atom. The maximum absolute atomic E-state index is 13.6. The summed E-state index contributed by atoms with van der Waals surface area (Å²) in [4.78, 5) is 27.9. The number of aromatic nitrogens is 2. The third-order valence-electron chi connectivity index (χ3n) is 6.34. The van der Waals surface area contributed by atoms with Gasteiger partial charge in [0, 0.05) is 56.1 Å². The van der Waals surface area contributed by atoms with Gasteiger partial charge in [-0.25, -0.2) is 0 Å². The van der Waals surface area contributed by atoms with Crippen molar-refractivity contribution in [1.29, 1.82) is 0 Å². The molecule has 3 aromatic rings. The topological polar surface area (TPSA) is 47.2 Å². The van der Waals surface area contributed by atoms with Gasteiger partial charge in [0.2, 0.25) is 5.91 Å². The molecular formula is C24H25N3O2. The summed E-state index contributed by atoms with van der Waals surface area (Å²) in [6, 6.07) is 19.4.